The number of nitrogens with zero attached hydrogens (tertiary/aromatic N) is 3. The van der Waals surface area contributed by atoms with Crippen LogP contribution in [-0.2, 0) is 9.84 Å². The number of carbonyl (C=O) groups is 1. The fourth-order valence-electron chi connectivity index (χ4n) is 3.10. The Balaban J connectivity index is 1.99. The number of primary amides is 1. The molecule has 0 aliphatic heterocycles. The van der Waals surface area contributed by atoms with Crippen LogP contribution in [0.4, 0.5) is 0 Å². The first kappa shape index (κ1) is 18.6. The molecule has 4 aromatic rings. The lowest BCUT2D eigenvalue weighted by molar-refractivity contribution is 0.1000. The molecule has 0 bridgehead atoms. The number of methoxy groups -OCH3 is 1. The molecular weight excluding hydrogens is 398 g/mol. The number of hydrogen-bond acceptors (Lipinski definition) is 7. The molecule has 11 heteroatoms. The van der Waals surface area contributed by atoms with E-state index in [9.17, 15) is 18.0 Å². The fourth-order valence-corrected chi connectivity index (χ4v) is 4.58. The van der Waals surface area contributed by atoms with E-state index in [4.69, 9.17) is 10.5 Å². The highest BCUT2D eigenvalue weighted by molar-refractivity contribution is 7.91. The second kappa shape index (κ2) is 6.41. The van der Waals surface area contributed by atoms with Crippen molar-refractivity contribution < 1.29 is 17.9 Å². The largest absolute Gasteiger partial charge is 0.497 e. The van der Waals surface area contributed by atoms with Gasteiger partial charge in [-0.25, -0.2) is 18.1 Å². The standard InChI is InChI=1S/C18H15N5O5S/c1-9-7-10(15(19)24)3-6-14(9)29(26,27)18-16-20-17(25)12-5-4-11(28-2)8-13(12)23(16)22-21-18/h3-8,22H,1-2H3,(H2,19,24). The number of fused-ring (bicyclic) bond motifs is 3. The van der Waals surface area contributed by atoms with Crippen molar-refractivity contribution in [3.05, 3.63) is 57.9 Å². The van der Waals surface area contributed by atoms with Gasteiger partial charge in [-0.1, -0.05) is 0 Å². The average molecular weight is 413 g/mol. The minimum absolute atomic E-state index is 0.0727. The number of nitrogens with two attached hydrogens (primary N) is 1. The normalized spacial score (nSPS) is 11.8. The molecule has 0 saturated carbocycles. The maximum atomic E-state index is 13.2. The van der Waals surface area contributed by atoms with Crippen molar-refractivity contribution in [3.63, 3.8) is 0 Å². The molecule has 0 saturated heterocycles. The van der Waals surface area contributed by atoms with E-state index in [2.05, 4.69) is 15.3 Å². The zero-order valence-corrected chi connectivity index (χ0v) is 16.1. The van der Waals surface area contributed by atoms with E-state index < -0.39 is 26.3 Å². The second-order valence-corrected chi connectivity index (χ2v) is 8.16. The summed E-state index contributed by atoms with van der Waals surface area (Å²) in [6, 6.07) is 8.69. The van der Waals surface area contributed by atoms with Gasteiger partial charge in [-0.05, 0) is 42.8 Å². The Hall–Kier alpha value is -3.73. The molecule has 2 aromatic heterocycles. The van der Waals surface area contributed by atoms with Crippen LogP contribution in [-0.4, -0.2) is 41.2 Å². The number of sulfone groups is 1. The predicted octanol–water partition coefficient (Wildman–Crippen LogP) is 0.820. The third kappa shape index (κ3) is 2.83. The topological polar surface area (TPSA) is 150 Å². The summed E-state index contributed by atoms with van der Waals surface area (Å²) in [6.07, 6.45) is 0. The summed E-state index contributed by atoms with van der Waals surface area (Å²) in [7, 11) is -2.67. The Morgan fingerprint density at radius 1 is 1.21 bits per heavy atom. The van der Waals surface area contributed by atoms with Gasteiger partial charge in [0, 0.05) is 11.6 Å². The lowest BCUT2D eigenvalue weighted by Gasteiger charge is -2.07. The predicted molar refractivity (Wildman–Crippen MR) is 103 cm³/mol. The van der Waals surface area contributed by atoms with Crippen molar-refractivity contribution in [1.82, 2.24) is 19.8 Å². The molecule has 0 atom stereocenters. The molecule has 0 unspecified atom stereocenters. The molecule has 29 heavy (non-hydrogen) atoms. The van der Waals surface area contributed by atoms with Crippen LogP contribution < -0.4 is 16.0 Å². The molecule has 148 valence electrons. The van der Waals surface area contributed by atoms with Gasteiger partial charge in [0.1, 0.15) is 5.75 Å². The maximum absolute atomic E-state index is 13.2. The van der Waals surface area contributed by atoms with Gasteiger partial charge in [0.25, 0.3) is 5.56 Å². The van der Waals surface area contributed by atoms with Crippen LogP contribution >= 0.6 is 0 Å². The third-order valence-corrected chi connectivity index (χ3v) is 6.36. The molecule has 2 aromatic carbocycles. The van der Waals surface area contributed by atoms with E-state index in [1.54, 1.807) is 12.1 Å². The summed E-state index contributed by atoms with van der Waals surface area (Å²) in [5.41, 5.74) is 5.36. The Labute approximate surface area is 163 Å². The summed E-state index contributed by atoms with van der Waals surface area (Å²) in [5, 5.41) is 6.36. The summed E-state index contributed by atoms with van der Waals surface area (Å²) in [6.45, 7) is 1.54. The number of aromatic nitrogens is 4. The highest BCUT2D eigenvalue weighted by Gasteiger charge is 2.28. The van der Waals surface area contributed by atoms with Crippen molar-refractivity contribution in [3.8, 4) is 5.75 Å². The number of aryl methyl sites for hydroxylation is 1. The number of hydrogen-bond donors (Lipinski definition) is 2. The number of amides is 1. The van der Waals surface area contributed by atoms with Crippen molar-refractivity contribution >= 4 is 32.3 Å². The third-order valence-electron chi connectivity index (χ3n) is 4.54. The molecule has 0 aliphatic rings. The summed E-state index contributed by atoms with van der Waals surface area (Å²) in [5.74, 6) is -0.190. The van der Waals surface area contributed by atoms with Gasteiger partial charge in [-0.3, -0.25) is 9.59 Å². The Bertz CT molecular complexity index is 1470. The molecule has 0 aliphatic carbocycles. The summed E-state index contributed by atoms with van der Waals surface area (Å²) in [4.78, 5) is 27.6. The number of carbonyl (C=O) groups excluding carboxylic acids is 1. The van der Waals surface area contributed by atoms with Crippen molar-refractivity contribution in [2.75, 3.05) is 7.11 Å². The Kier molecular flexibility index (Phi) is 4.12. The lowest BCUT2D eigenvalue weighted by atomic mass is 10.1. The van der Waals surface area contributed by atoms with Gasteiger partial charge in [0.15, 0.2) is 5.65 Å². The van der Waals surface area contributed by atoms with E-state index in [-0.39, 0.29) is 21.5 Å². The molecule has 10 nitrogen and oxygen atoms in total. The monoisotopic (exact) mass is 413 g/mol. The van der Waals surface area contributed by atoms with Crippen LogP contribution in [0.15, 0.2) is 51.1 Å². The second-order valence-electron chi connectivity index (χ2n) is 6.32. The number of nitrogens with one attached hydrogen (secondary N) is 1. The van der Waals surface area contributed by atoms with Gasteiger partial charge in [-0.15, -0.1) is 5.10 Å². The first-order valence-electron chi connectivity index (χ1n) is 8.34. The SMILES string of the molecule is COc1ccc2c(=O)nc3c(S(=O)(=O)c4ccc(C(N)=O)cc4C)n[nH]n3c2c1. The number of rotatable bonds is 4. The first-order chi connectivity index (χ1) is 13.7. The minimum atomic E-state index is -4.14. The Morgan fingerprint density at radius 2 is 1.97 bits per heavy atom. The van der Waals surface area contributed by atoms with Crippen LogP contribution in [0.1, 0.15) is 15.9 Å². The molecule has 1 amide bonds. The molecule has 0 spiro atoms. The molecule has 2 heterocycles. The van der Waals surface area contributed by atoms with Crippen molar-refractivity contribution in [2.24, 2.45) is 5.73 Å². The molecule has 3 N–H and O–H groups in total. The van der Waals surface area contributed by atoms with Gasteiger partial charge >= 0.3 is 0 Å². The number of benzene rings is 2. The van der Waals surface area contributed by atoms with Crippen LogP contribution in [0.5, 0.6) is 5.75 Å². The van der Waals surface area contributed by atoms with E-state index in [1.165, 1.54) is 42.8 Å². The zero-order chi connectivity index (χ0) is 20.9. The highest BCUT2D eigenvalue weighted by atomic mass is 32.2. The smallest absolute Gasteiger partial charge is 0.281 e. The van der Waals surface area contributed by atoms with Gasteiger partial charge in [0.05, 0.1) is 22.9 Å². The summed E-state index contributed by atoms with van der Waals surface area (Å²) < 4.78 is 32.9. The Morgan fingerprint density at radius 3 is 2.62 bits per heavy atom. The fraction of sp³-hybridized carbons (Fsp3) is 0.111. The minimum Gasteiger partial charge on any atom is -0.497 e. The number of ether oxygens (including phenoxy) is 1. The van der Waals surface area contributed by atoms with Crippen LogP contribution in [0.3, 0.4) is 0 Å². The molecule has 4 rings (SSSR count). The van der Waals surface area contributed by atoms with E-state index in [0.29, 0.717) is 16.8 Å². The molecule has 0 fully saturated rings. The van der Waals surface area contributed by atoms with Crippen LogP contribution in [0, 0.1) is 6.92 Å². The van der Waals surface area contributed by atoms with E-state index in [1.807, 2.05) is 0 Å². The molecular formula is C18H15N5O5S. The van der Waals surface area contributed by atoms with Crippen LogP contribution in [0.25, 0.3) is 16.6 Å². The van der Waals surface area contributed by atoms with E-state index in [0.717, 1.165) is 0 Å². The average Bonchev–Trinajstić information content (AvgIpc) is 3.12. The van der Waals surface area contributed by atoms with Gasteiger partial charge in [0.2, 0.25) is 20.8 Å². The maximum Gasteiger partial charge on any atom is 0.281 e. The number of aromatic amines is 1. The first-order valence-corrected chi connectivity index (χ1v) is 9.83. The van der Waals surface area contributed by atoms with Gasteiger partial charge < -0.3 is 10.5 Å². The lowest BCUT2D eigenvalue weighted by Crippen LogP contribution is -2.14. The van der Waals surface area contributed by atoms with Crippen LogP contribution in [0.2, 0.25) is 0 Å². The van der Waals surface area contributed by atoms with E-state index >= 15 is 0 Å². The molecule has 0 radical (unpaired) electrons. The van der Waals surface area contributed by atoms with Gasteiger partial charge in [-0.2, -0.15) is 4.98 Å². The quantitative estimate of drug-likeness (QED) is 0.503. The number of H-pyrrole nitrogens is 1. The van der Waals surface area contributed by atoms with Crippen molar-refractivity contribution in [2.45, 2.75) is 16.8 Å². The highest BCUT2D eigenvalue weighted by Crippen LogP contribution is 2.27. The zero-order valence-electron chi connectivity index (χ0n) is 15.3. The summed E-state index contributed by atoms with van der Waals surface area (Å²) >= 11 is 0. The van der Waals surface area contributed by atoms with Crippen molar-refractivity contribution in [1.29, 1.82) is 0 Å².